The smallest absolute Gasteiger partial charge is 0.451 e. The van der Waals surface area contributed by atoms with Gasteiger partial charge in [-0.2, -0.15) is 13.2 Å². The number of rotatable bonds is 6. The Kier molecular flexibility index (Phi) is 7.02. The monoisotopic (exact) mass is 490 g/mol. The van der Waals surface area contributed by atoms with Crippen LogP contribution in [-0.2, 0) is 22.4 Å². The molecule has 180 valence electrons. The summed E-state index contributed by atoms with van der Waals surface area (Å²) >= 11 is 0. The topological polar surface area (TPSA) is 158 Å². The van der Waals surface area contributed by atoms with Crippen molar-refractivity contribution in [3.05, 3.63) is 35.5 Å². The lowest BCUT2D eigenvalue weighted by atomic mass is 9.90. The van der Waals surface area contributed by atoms with Crippen LogP contribution in [0.3, 0.4) is 0 Å². The zero-order valence-corrected chi connectivity index (χ0v) is 18.1. The van der Waals surface area contributed by atoms with Gasteiger partial charge in [-0.05, 0) is 24.5 Å². The molecule has 1 aliphatic rings. The Morgan fingerprint density at radius 2 is 1.94 bits per heavy atom. The van der Waals surface area contributed by atoms with Crippen LogP contribution in [-0.4, -0.2) is 75.1 Å². The second-order valence-corrected chi connectivity index (χ2v) is 9.42. The number of carboxylic acid groups (broad SMARTS) is 1. The number of aromatic nitrogens is 4. The number of nitrogens with zero attached hydrogens (tertiary/aromatic N) is 5. The Hall–Kier alpha value is -3.07. The molecule has 1 unspecified atom stereocenters. The van der Waals surface area contributed by atoms with Gasteiger partial charge in [0.1, 0.15) is 12.0 Å². The molecule has 1 aliphatic heterocycles. The first-order valence-electron chi connectivity index (χ1n) is 9.73. The van der Waals surface area contributed by atoms with E-state index in [-0.39, 0.29) is 31.2 Å². The van der Waals surface area contributed by atoms with Gasteiger partial charge in [0.25, 0.3) is 0 Å². The van der Waals surface area contributed by atoms with E-state index < -0.39 is 39.3 Å². The molecule has 1 atom stereocenters. The number of amides is 1. The summed E-state index contributed by atoms with van der Waals surface area (Å²) in [6.45, 7) is 0.444. The van der Waals surface area contributed by atoms with Crippen LogP contribution in [0, 0.1) is 0 Å². The van der Waals surface area contributed by atoms with Gasteiger partial charge < -0.3 is 20.4 Å². The van der Waals surface area contributed by atoms with Gasteiger partial charge >= 0.3 is 12.3 Å². The van der Waals surface area contributed by atoms with Crippen LogP contribution in [0.1, 0.15) is 35.8 Å². The van der Waals surface area contributed by atoms with Crippen molar-refractivity contribution < 1.29 is 36.6 Å². The number of alkyl halides is 3. The van der Waals surface area contributed by atoms with Crippen molar-refractivity contribution in [2.24, 2.45) is 0 Å². The maximum absolute atomic E-state index is 12.8. The summed E-state index contributed by atoms with van der Waals surface area (Å²) in [5.74, 6) is -1.91. The molecule has 3 heterocycles. The summed E-state index contributed by atoms with van der Waals surface area (Å²) in [6, 6.07) is 1.16. The number of carbonyl (C=O) groups is 1. The maximum atomic E-state index is 12.8. The molecule has 3 N–H and O–H groups in total. The van der Waals surface area contributed by atoms with Gasteiger partial charge in [0.15, 0.2) is 0 Å². The summed E-state index contributed by atoms with van der Waals surface area (Å²) in [4.78, 5) is 26.9. The van der Waals surface area contributed by atoms with Gasteiger partial charge in [0, 0.05) is 44.1 Å². The van der Waals surface area contributed by atoms with E-state index in [2.05, 4.69) is 25.3 Å². The molecule has 0 spiro atoms. The highest BCUT2D eigenvalue weighted by Gasteiger charge is 2.35. The van der Waals surface area contributed by atoms with E-state index in [1.807, 2.05) is 0 Å². The predicted molar refractivity (Wildman–Crippen MR) is 107 cm³/mol. The molecule has 0 saturated carbocycles. The third-order valence-corrected chi connectivity index (χ3v) is 5.86. The molecule has 0 bridgehead atoms. The summed E-state index contributed by atoms with van der Waals surface area (Å²) < 4.78 is 62.2. The molecule has 11 nitrogen and oxygen atoms in total. The number of piperidine rings is 1. The maximum Gasteiger partial charge on any atom is 0.451 e. The number of aliphatic hydroxyl groups excluding tert-OH is 1. The van der Waals surface area contributed by atoms with Crippen molar-refractivity contribution in [2.75, 3.05) is 24.7 Å². The minimum absolute atomic E-state index is 0.163. The largest absolute Gasteiger partial charge is 0.465 e. The number of anilines is 1. The van der Waals surface area contributed by atoms with E-state index in [0.29, 0.717) is 24.1 Å². The second kappa shape index (κ2) is 9.43. The van der Waals surface area contributed by atoms with Gasteiger partial charge in [-0.1, -0.05) is 0 Å². The normalized spacial score (nSPS) is 16.5. The molecule has 2 aromatic rings. The number of hydrogen-bond donors (Lipinski definition) is 3. The molecule has 0 radical (unpaired) electrons. The first kappa shape index (κ1) is 24.6. The Morgan fingerprint density at radius 3 is 2.52 bits per heavy atom. The van der Waals surface area contributed by atoms with Crippen molar-refractivity contribution in [1.82, 2.24) is 24.8 Å². The van der Waals surface area contributed by atoms with Crippen molar-refractivity contribution >= 4 is 21.7 Å². The van der Waals surface area contributed by atoms with Crippen LogP contribution >= 0.6 is 0 Å². The molecule has 0 aromatic carbocycles. The molecular formula is C18H21F3N6O5S. The molecule has 0 aliphatic carbocycles. The van der Waals surface area contributed by atoms with Crippen LogP contribution < -0.4 is 5.32 Å². The lowest BCUT2D eigenvalue weighted by Crippen LogP contribution is -2.37. The Morgan fingerprint density at radius 1 is 1.27 bits per heavy atom. The van der Waals surface area contributed by atoms with Gasteiger partial charge in [0.2, 0.25) is 20.8 Å². The second-order valence-electron chi connectivity index (χ2n) is 7.51. The zero-order chi connectivity index (χ0) is 24.4. The van der Waals surface area contributed by atoms with E-state index in [4.69, 9.17) is 5.11 Å². The SMILES string of the molecule is CS(=O)(=O)c1ncc(CC(O)Nc2ccnc(C(F)(F)F)n2)c(C2CCN(C(=O)O)CC2)n1. The molecule has 33 heavy (non-hydrogen) atoms. The highest BCUT2D eigenvalue weighted by Crippen LogP contribution is 2.30. The van der Waals surface area contributed by atoms with Crippen molar-refractivity contribution in [3.63, 3.8) is 0 Å². The van der Waals surface area contributed by atoms with Crippen molar-refractivity contribution in [2.45, 2.75) is 42.7 Å². The molecule has 3 rings (SSSR count). The molecule has 1 amide bonds. The number of hydrogen-bond acceptors (Lipinski definition) is 9. The fourth-order valence-corrected chi connectivity index (χ4v) is 3.95. The molecule has 1 saturated heterocycles. The van der Waals surface area contributed by atoms with Crippen LogP contribution in [0.25, 0.3) is 0 Å². The zero-order valence-electron chi connectivity index (χ0n) is 17.3. The quantitative estimate of drug-likeness (QED) is 0.400. The van der Waals surface area contributed by atoms with E-state index in [9.17, 15) is 31.5 Å². The predicted octanol–water partition coefficient (Wildman–Crippen LogP) is 1.52. The minimum atomic E-state index is -4.75. The highest BCUT2D eigenvalue weighted by atomic mass is 32.2. The number of likely N-dealkylation sites (tertiary alicyclic amines) is 1. The van der Waals surface area contributed by atoms with E-state index in [0.717, 1.165) is 18.5 Å². The summed E-state index contributed by atoms with van der Waals surface area (Å²) in [6.07, 6.45) is -3.52. The summed E-state index contributed by atoms with van der Waals surface area (Å²) in [5, 5.41) is 21.6. The molecule has 15 heteroatoms. The fourth-order valence-electron chi connectivity index (χ4n) is 3.44. The van der Waals surface area contributed by atoms with Gasteiger partial charge in [0.05, 0.1) is 5.69 Å². The fraction of sp³-hybridized carbons (Fsp3) is 0.500. The first-order valence-corrected chi connectivity index (χ1v) is 11.6. The van der Waals surface area contributed by atoms with E-state index in [1.165, 1.54) is 11.1 Å². The number of halogens is 3. The van der Waals surface area contributed by atoms with E-state index >= 15 is 0 Å². The minimum Gasteiger partial charge on any atom is -0.465 e. The van der Waals surface area contributed by atoms with Crippen LogP contribution in [0.5, 0.6) is 0 Å². The van der Waals surface area contributed by atoms with Gasteiger partial charge in [-0.15, -0.1) is 0 Å². The Balaban J connectivity index is 1.83. The number of aliphatic hydroxyl groups is 1. The van der Waals surface area contributed by atoms with Gasteiger partial charge in [-0.3, -0.25) is 0 Å². The summed E-state index contributed by atoms with van der Waals surface area (Å²) in [5.41, 5.74) is 0.719. The molecule has 1 fully saturated rings. The lowest BCUT2D eigenvalue weighted by Gasteiger charge is -2.30. The number of nitrogens with one attached hydrogen (secondary N) is 1. The average molecular weight is 490 g/mol. The highest BCUT2D eigenvalue weighted by molar-refractivity contribution is 7.90. The third kappa shape index (κ3) is 6.25. The average Bonchev–Trinajstić information content (AvgIpc) is 2.73. The Bertz CT molecular complexity index is 1120. The first-order chi connectivity index (χ1) is 15.3. The lowest BCUT2D eigenvalue weighted by molar-refractivity contribution is -0.144. The van der Waals surface area contributed by atoms with Crippen LogP contribution in [0.2, 0.25) is 0 Å². The Labute approximate surface area is 186 Å². The van der Waals surface area contributed by atoms with E-state index in [1.54, 1.807) is 0 Å². The third-order valence-electron chi connectivity index (χ3n) is 5.00. The molecular weight excluding hydrogens is 469 g/mol. The standard InChI is InChI=1S/C18H21F3N6O5S/c1-33(31,32)16-23-9-11(14(26-16)10-3-6-27(7-4-10)17(29)30)8-13(28)24-12-2-5-22-15(25-12)18(19,20)21/h2,5,9-10,13,28H,3-4,6-8H2,1H3,(H,29,30)(H,22,24,25). The van der Waals surface area contributed by atoms with Crippen LogP contribution in [0.4, 0.5) is 23.8 Å². The van der Waals surface area contributed by atoms with Crippen molar-refractivity contribution in [1.29, 1.82) is 0 Å². The van der Waals surface area contributed by atoms with Crippen molar-refractivity contribution in [3.8, 4) is 0 Å². The van der Waals surface area contributed by atoms with Gasteiger partial charge in [-0.25, -0.2) is 33.1 Å². The summed E-state index contributed by atoms with van der Waals surface area (Å²) in [7, 11) is -3.73. The van der Waals surface area contributed by atoms with Crippen LogP contribution in [0.15, 0.2) is 23.6 Å². The molecule has 2 aromatic heterocycles. The number of sulfone groups is 1.